The first-order chi connectivity index (χ1) is 9.06. The van der Waals surface area contributed by atoms with Crippen molar-refractivity contribution in [3.63, 3.8) is 0 Å². The number of halogens is 1. The van der Waals surface area contributed by atoms with Crippen LogP contribution >= 0.6 is 0 Å². The zero-order chi connectivity index (χ0) is 13.8. The molecular formula is C15H16FNO2. The van der Waals surface area contributed by atoms with E-state index >= 15 is 0 Å². The first-order valence-corrected chi connectivity index (χ1v) is 6.25. The van der Waals surface area contributed by atoms with Crippen LogP contribution in [-0.4, -0.2) is 10.8 Å². The maximum atomic E-state index is 12.8. The Morgan fingerprint density at radius 1 is 1.37 bits per heavy atom. The minimum atomic E-state index is -0.266. The van der Waals surface area contributed by atoms with Crippen LogP contribution < -0.4 is 0 Å². The molecule has 0 fully saturated rings. The highest BCUT2D eigenvalue weighted by Gasteiger charge is 2.18. The number of carbonyl (C=O) groups is 1. The van der Waals surface area contributed by atoms with E-state index in [1.807, 2.05) is 6.92 Å². The highest BCUT2D eigenvalue weighted by Crippen LogP contribution is 2.18. The van der Waals surface area contributed by atoms with Crippen LogP contribution in [-0.2, 0) is 11.2 Å². The van der Waals surface area contributed by atoms with Crippen molar-refractivity contribution in [1.82, 2.24) is 4.98 Å². The molecule has 4 heteroatoms. The Morgan fingerprint density at radius 3 is 2.63 bits per heavy atom. The molecule has 0 spiro atoms. The summed E-state index contributed by atoms with van der Waals surface area (Å²) in [5, 5.41) is 0. The molecule has 0 aliphatic carbocycles. The van der Waals surface area contributed by atoms with Crippen molar-refractivity contribution in [3.05, 3.63) is 53.5 Å². The molecular weight excluding hydrogens is 245 g/mol. The van der Waals surface area contributed by atoms with Crippen LogP contribution in [0.25, 0.3) is 0 Å². The standard InChI is InChI=1S/C15H16FNO2/c1-10(14-9-19-11(2)17-14)15(18)8-5-12-3-6-13(16)7-4-12/h3-4,6-7,9-10H,5,8H2,1-2H3. The molecule has 3 nitrogen and oxygen atoms in total. The summed E-state index contributed by atoms with van der Waals surface area (Å²) >= 11 is 0. The number of oxazole rings is 1. The van der Waals surface area contributed by atoms with E-state index in [4.69, 9.17) is 4.42 Å². The van der Waals surface area contributed by atoms with Gasteiger partial charge in [-0.3, -0.25) is 4.79 Å². The van der Waals surface area contributed by atoms with Gasteiger partial charge in [0, 0.05) is 13.3 Å². The lowest BCUT2D eigenvalue weighted by Crippen LogP contribution is -2.10. The van der Waals surface area contributed by atoms with E-state index in [1.165, 1.54) is 18.4 Å². The first-order valence-electron chi connectivity index (χ1n) is 6.25. The van der Waals surface area contributed by atoms with Gasteiger partial charge in [-0.2, -0.15) is 0 Å². The largest absolute Gasteiger partial charge is 0.449 e. The molecule has 0 saturated carbocycles. The van der Waals surface area contributed by atoms with Crippen LogP contribution in [0.2, 0.25) is 0 Å². The summed E-state index contributed by atoms with van der Waals surface area (Å²) in [5.41, 5.74) is 1.62. The second-order valence-corrected chi connectivity index (χ2v) is 4.61. The second kappa shape index (κ2) is 5.78. The number of rotatable bonds is 5. The molecule has 0 N–H and O–H groups in total. The van der Waals surface area contributed by atoms with Crippen molar-refractivity contribution >= 4 is 5.78 Å². The fraction of sp³-hybridized carbons (Fsp3) is 0.333. The molecule has 2 aromatic rings. The van der Waals surface area contributed by atoms with Gasteiger partial charge in [0.05, 0.1) is 11.6 Å². The van der Waals surface area contributed by atoms with E-state index in [0.717, 1.165) is 5.56 Å². The van der Waals surface area contributed by atoms with Gasteiger partial charge >= 0.3 is 0 Å². The van der Waals surface area contributed by atoms with Crippen LogP contribution in [0.1, 0.15) is 36.4 Å². The summed E-state index contributed by atoms with van der Waals surface area (Å²) in [5.74, 6) is 0.144. The van der Waals surface area contributed by atoms with Crippen LogP contribution in [0.15, 0.2) is 34.9 Å². The number of benzene rings is 1. The van der Waals surface area contributed by atoms with Gasteiger partial charge in [0.15, 0.2) is 5.89 Å². The van der Waals surface area contributed by atoms with Crippen molar-refractivity contribution in [1.29, 1.82) is 0 Å². The molecule has 1 aromatic heterocycles. The highest BCUT2D eigenvalue weighted by atomic mass is 19.1. The van der Waals surface area contributed by atoms with Crippen LogP contribution in [0.4, 0.5) is 4.39 Å². The molecule has 0 radical (unpaired) electrons. The Hall–Kier alpha value is -1.97. The van der Waals surface area contributed by atoms with E-state index < -0.39 is 0 Å². The van der Waals surface area contributed by atoms with Gasteiger partial charge in [0.1, 0.15) is 17.9 Å². The number of ketones is 1. The van der Waals surface area contributed by atoms with Gasteiger partial charge < -0.3 is 4.42 Å². The number of aryl methyl sites for hydroxylation is 2. The van der Waals surface area contributed by atoms with E-state index in [-0.39, 0.29) is 17.5 Å². The minimum absolute atomic E-state index is 0.109. The third kappa shape index (κ3) is 3.50. The average molecular weight is 261 g/mol. The molecule has 1 heterocycles. The number of hydrogen-bond acceptors (Lipinski definition) is 3. The van der Waals surface area contributed by atoms with Crippen LogP contribution in [0, 0.1) is 12.7 Å². The Balaban J connectivity index is 1.92. The molecule has 0 aliphatic heterocycles. The minimum Gasteiger partial charge on any atom is -0.449 e. The molecule has 1 unspecified atom stereocenters. The fourth-order valence-electron chi connectivity index (χ4n) is 1.88. The van der Waals surface area contributed by atoms with Crippen molar-refractivity contribution in [2.24, 2.45) is 0 Å². The number of Topliss-reactive ketones (excluding diaryl/α,β-unsaturated/α-hetero) is 1. The third-order valence-electron chi connectivity index (χ3n) is 3.14. The summed E-state index contributed by atoms with van der Waals surface area (Å²) in [4.78, 5) is 16.2. The zero-order valence-corrected chi connectivity index (χ0v) is 11.0. The maximum absolute atomic E-state index is 12.8. The second-order valence-electron chi connectivity index (χ2n) is 4.61. The van der Waals surface area contributed by atoms with Gasteiger partial charge in [-0.25, -0.2) is 9.37 Å². The van der Waals surface area contributed by atoms with E-state index in [1.54, 1.807) is 19.1 Å². The molecule has 2 rings (SSSR count). The Morgan fingerprint density at radius 2 is 2.05 bits per heavy atom. The van der Waals surface area contributed by atoms with Crippen LogP contribution in [0.5, 0.6) is 0 Å². The summed E-state index contributed by atoms with van der Waals surface area (Å²) in [6, 6.07) is 6.22. The van der Waals surface area contributed by atoms with Crippen molar-refractivity contribution in [2.45, 2.75) is 32.6 Å². The summed E-state index contributed by atoms with van der Waals surface area (Å²) in [6.45, 7) is 3.57. The predicted molar refractivity (Wildman–Crippen MR) is 69.4 cm³/mol. The van der Waals surface area contributed by atoms with Crippen molar-refractivity contribution in [3.8, 4) is 0 Å². The molecule has 0 amide bonds. The van der Waals surface area contributed by atoms with Gasteiger partial charge in [0.25, 0.3) is 0 Å². The lowest BCUT2D eigenvalue weighted by molar-refractivity contribution is -0.120. The Labute approximate surface area is 111 Å². The van der Waals surface area contributed by atoms with E-state index in [0.29, 0.717) is 24.4 Å². The quantitative estimate of drug-likeness (QED) is 0.828. The van der Waals surface area contributed by atoms with Crippen molar-refractivity contribution in [2.75, 3.05) is 0 Å². The lowest BCUT2D eigenvalue weighted by atomic mass is 9.97. The van der Waals surface area contributed by atoms with Crippen LogP contribution in [0.3, 0.4) is 0 Å². The lowest BCUT2D eigenvalue weighted by Gasteiger charge is -2.07. The number of hydrogen-bond donors (Lipinski definition) is 0. The average Bonchev–Trinajstić information content (AvgIpc) is 2.83. The monoisotopic (exact) mass is 261 g/mol. The Kier molecular flexibility index (Phi) is 4.10. The summed E-state index contributed by atoms with van der Waals surface area (Å²) in [7, 11) is 0. The number of aromatic nitrogens is 1. The summed E-state index contributed by atoms with van der Waals surface area (Å²) < 4.78 is 17.9. The summed E-state index contributed by atoms with van der Waals surface area (Å²) in [6.07, 6.45) is 2.55. The normalized spacial score (nSPS) is 12.4. The van der Waals surface area contributed by atoms with E-state index in [9.17, 15) is 9.18 Å². The SMILES string of the molecule is Cc1nc(C(C)C(=O)CCc2ccc(F)cc2)co1. The molecule has 19 heavy (non-hydrogen) atoms. The van der Waals surface area contributed by atoms with Gasteiger partial charge in [-0.05, 0) is 31.0 Å². The van der Waals surface area contributed by atoms with Gasteiger partial charge in [0.2, 0.25) is 0 Å². The maximum Gasteiger partial charge on any atom is 0.191 e. The molecule has 1 aromatic carbocycles. The predicted octanol–water partition coefficient (Wildman–Crippen LogP) is 3.43. The topological polar surface area (TPSA) is 43.1 Å². The first kappa shape index (κ1) is 13.5. The zero-order valence-electron chi connectivity index (χ0n) is 11.0. The Bertz CT molecular complexity index is 560. The van der Waals surface area contributed by atoms with Gasteiger partial charge in [-0.15, -0.1) is 0 Å². The van der Waals surface area contributed by atoms with E-state index in [2.05, 4.69) is 4.98 Å². The highest BCUT2D eigenvalue weighted by molar-refractivity contribution is 5.84. The number of carbonyl (C=O) groups excluding carboxylic acids is 1. The molecule has 0 aliphatic rings. The van der Waals surface area contributed by atoms with Gasteiger partial charge in [-0.1, -0.05) is 12.1 Å². The molecule has 0 saturated heterocycles. The van der Waals surface area contributed by atoms with Crippen molar-refractivity contribution < 1.29 is 13.6 Å². The molecule has 1 atom stereocenters. The smallest absolute Gasteiger partial charge is 0.191 e. The fourth-order valence-corrected chi connectivity index (χ4v) is 1.88. The molecule has 100 valence electrons. The third-order valence-corrected chi connectivity index (χ3v) is 3.14. The number of nitrogens with zero attached hydrogens (tertiary/aromatic N) is 1. The molecule has 0 bridgehead atoms.